The van der Waals surface area contributed by atoms with E-state index in [4.69, 9.17) is 10.8 Å². The number of para-hydroxylation sites is 1. The molecule has 0 atom stereocenters. The van der Waals surface area contributed by atoms with Crippen LogP contribution in [0.4, 0.5) is 5.69 Å². The molecule has 0 saturated carbocycles. The Morgan fingerprint density at radius 3 is 2.32 bits per heavy atom. The van der Waals surface area contributed by atoms with Gasteiger partial charge in [0, 0.05) is 6.42 Å². The van der Waals surface area contributed by atoms with Crippen LogP contribution in [0.3, 0.4) is 0 Å². The van der Waals surface area contributed by atoms with Crippen LogP contribution in [-0.2, 0) is 4.79 Å². The van der Waals surface area contributed by atoms with Gasteiger partial charge in [-0.05, 0) is 12.1 Å². The van der Waals surface area contributed by atoms with Gasteiger partial charge in [0.25, 0.3) is 0 Å². The van der Waals surface area contributed by atoms with E-state index in [0.717, 1.165) is 0 Å². The van der Waals surface area contributed by atoms with E-state index in [0.29, 0.717) is 11.3 Å². The number of aromatic hydroxyl groups is 1. The fraction of sp³-hybridized carbons (Fsp3) is 0.125. The fourth-order valence-electron chi connectivity index (χ4n) is 1.45. The first-order chi connectivity index (χ1) is 9.95. The van der Waals surface area contributed by atoms with Crippen LogP contribution in [-0.4, -0.2) is 22.0 Å². The van der Waals surface area contributed by atoms with Gasteiger partial charge >= 0.3 is 35.5 Å². The first-order valence-electron chi connectivity index (χ1n) is 6.27. The second-order valence-electron chi connectivity index (χ2n) is 4.13. The van der Waals surface area contributed by atoms with Crippen molar-refractivity contribution in [3.63, 3.8) is 0 Å². The number of phenols is 1. The third-order valence-electron chi connectivity index (χ3n) is 2.54. The maximum absolute atomic E-state index is 12.0. The van der Waals surface area contributed by atoms with Crippen molar-refractivity contribution in [2.45, 2.75) is 13.3 Å². The summed E-state index contributed by atoms with van der Waals surface area (Å²) in [5, 5.41) is 17.3. The number of anilines is 1. The molecule has 2 aromatic rings. The summed E-state index contributed by atoms with van der Waals surface area (Å²) in [6.07, 6.45) is 0.222. The number of benzene rings is 2. The Hall–Kier alpha value is -1.82. The molecule has 0 aliphatic rings. The molecule has 0 unspecified atom stereocenters. The van der Waals surface area contributed by atoms with Crippen LogP contribution in [0.2, 0.25) is 0 Å². The number of nitrogens with two attached hydrogens (primary N) is 1. The van der Waals surface area contributed by atoms with Gasteiger partial charge in [-0.3, -0.25) is 9.59 Å². The third-order valence-corrected chi connectivity index (χ3v) is 2.54. The summed E-state index contributed by atoms with van der Waals surface area (Å²) < 4.78 is 0. The SMILES string of the molecule is CCC(=O)O.Nc1[c-]ccc(C(=O)c2ccccc2O)c1.[Na+]. The van der Waals surface area contributed by atoms with E-state index in [1.54, 1.807) is 37.3 Å². The topological polar surface area (TPSA) is 101 Å². The number of carboxylic acids is 1. The summed E-state index contributed by atoms with van der Waals surface area (Å²) in [6, 6.07) is 13.9. The minimum atomic E-state index is -0.745. The Labute approximate surface area is 151 Å². The molecular weight excluding hydrogens is 293 g/mol. The van der Waals surface area contributed by atoms with Gasteiger partial charge in [-0.2, -0.15) is 18.2 Å². The molecule has 0 saturated heterocycles. The number of nitrogen functional groups attached to an aromatic ring is 1. The maximum atomic E-state index is 12.0. The van der Waals surface area contributed by atoms with Crippen molar-refractivity contribution in [1.29, 1.82) is 0 Å². The van der Waals surface area contributed by atoms with Crippen molar-refractivity contribution >= 4 is 17.4 Å². The predicted octanol–water partition coefficient (Wildman–Crippen LogP) is -0.509. The van der Waals surface area contributed by atoms with E-state index < -0.39 is 5.97 Å². The van der Waals surface area contributed by atoms with Crippen LogP contribution in [0.15, 0.2) is 42.5 Å². The molecule has 4 N–H and O–H groups in total. The summed E-state index contributed by atoms with van der Waals surface area (Å²) in [7, 11) is 0. The van der Waals surface area contributed by atoms with Crippen molar-refractivity contribution in [1.82, 2.24) is 0 Å². The zero-order valence-electron chi connectivity index (χ0n) is 12.5. The van der Waals surface area contributed by atoms with Crippen molar-refractivity contribution in [3.8, 4) is 5.75 Å². The second kappa shape index (κ2) is 10.00. The van der Waals surface area contributed by atoms with Crippen LogP contribution < -0.4 is 35.3 Å². The molecule has 0 aliphatic heterocycles. The molecule has 2 aromatic carbocycles. The molecular formula is C16H16NNaO4. The average Bonchev–Trinajstić information content (AvgIpc) is 2.47. The van der Waals surface area contributed by atoms with E-state index in [9.17, 15) is 14.7 Å². The predicted molar refractivity (Wildman–Crippen MR) is 79.2 cm³/mol. The largest absolute Gasteiger partial charge is 1.00 e. The van der Waals surface area contributed by atoms with Gasteiger partial charge in [-0.25, -0.2) is 0 Å². The standard InChI is InChI=1S/C13H10NO2.C3H6O2.Na/c14-10-5-3-4-9(8-10)13(16)11-6-1-2-7-12(11)15;1-2-3(4)5;/h1-4,6-8,15H,14H2;2H2,1H3,(H,4,5);/q-1;;+1. The summed E-state index contributed by atoms with van der Waals surface area (Å²) in [5.74, 6) is -1.03. The first kappa shape index (κ1) is 20.2. The van der Waals surface area contributed by atoms with Gasteiger partial charge in [0.05, 0.1) is 5.56 Å². The van der Waals surface area contributed by atoms with E-state index in [1.807, 2.05) is 0 Å². The summed E-state index contributed by atoms with van der Waals surface area (Å²) >= 11 is 0. The second-order valence-corrected chi connectivity index (χ2v) is 4.13. The number of hydrogen-bond acceptors (Lipinski definition) is 4. The molecule has 0 fully saturated rings. The Bertz CT molecular complexity index is 644. The molecule has 0 heterocycles. The molecule has 22 heavy (non-hydrogen) atoms. The van der Waals surface area contributed by atoms with Crippen LogP contribution in [0, 0.1) is 6.07 Å². The Morgan fingerprint density at radius 2 is 1.82 bits per heavy atom. The molecule has 0 radical (unpaired) electrons. The molecule has 5 nitrogen and oxygen atoms in total. The maximum Gasteiger partial charge on any atom is 1.00 e. The van der Waals surface area contributed by atoms with Crippen LogP contribution in [0.25, 0.3) is 0 Å². The number of rotatable bonds is 3. The van der Waals surface area contributed by atoms with Crippen molar-refractivity contribution in [2.75, 3.05) is 5.73 Å². The number of hydrogen-bond donors (Lipinski definition) is 3. The van der Waals surface area contributed by atoms with Crippen LogP contribution in [0.1, 0.15) is 29.3 Å². The minimum absolute atomic E-state index is 0. The number of aliphatic carboxylic acids is 1. The summed E-state index contributed by atoms with van der Waals surface area (Å²) in [5.41, 5.74) is 6.66. The molecule has 0 amide bonds. The quantitative estimate of drug-likeness (QED) is 0.307. The molecule has 2 rings (SSSR count). The fourth-order valence-corrected chi connectivity index (χ4v) is 1.45. The van der Waals surface area contributed by atoms with Gasteiger partial charge in [0.2, 0.25) is 0 Å². The third kappa shape index (κ3) is 6.30. The van der Waals surface area contributed by atoms with Crippen LogP contribution in [0.5, 0.6) is 5.75 Å². The number of carbonyl (C=O) groups is 2. The Kier molecular flexibility index (Phi) is 9.17. The summed E-state index contributed by atoms with van der Waals surface area (Å²) in [4.78, 5) is 21.4. The summed E-state index contributed by atoms with van der Waals surface area (Å²) in [6.45, 7) is 1.60. The van der Waals surface area contributed by atoms with E-state index in [2.05, 4.69) is 6.07 Å². The Balaban J connectivity index is 0.000000644. The molecule has 0 spiro atoms. The Morgan fingerprint density at radius 1 is 1.23 bits per heavy atom. The monoisotopic (exact) mass is 309 g/mol. The molecule has 110 valence electrons. The van der Waals surface area contributed by atoms with Gasteiger partial charge in [-0.15, -0.1) is 6.07 Å². The van der Waals surface area contributed by atoms with Crippen molar-refractivity contribution in [2.24, 2.45) is 0 Å². The molecule has 0 aromatic heterocycles. The van der Waals surface area contributed by atoms with E-state index in [1.165, 1.54) is 12.1 Å². The number of phenolic OH excluding ortho intramolecular Hbond substituents is 1. The number of carboxylic acid groups (broad SMARTS) is 1. The number of carbonyl (C=O) groups excluding carboxylic acids is 1. The van der Waals surface area contributed by atoms with Gasteiger partial charge < -0.3 is 15.9 Å². The van der Waals surface area contributed by atoms with Crippen molar-refractivity contribution < 1.29 is 49.4 Å². The van der Waals surface area contributed by atoms with Crippen LogP contribution >= 0.6 is 0 Å². The minimum Gasteiger partial charge on any atom is -0.507 e. The average molecular weight is 309 g/mol. The first-order valence-corrected chi connectivity index (χ1v) is 6.27. The van der Waals surface area contributed by atoms with E-state index >= 15 is 0 Å². The number of ketones is 1. The zero-order valence-corrected chi connectivity index (χ0v) is 14.5. The molecule has 6 heteroatoms. The van der Waals surface area contributed by atoms with Gasteiger partial charge in [0.1, 0.15) is 5.75 Å². The van der Waals surface area contributed by atoms with Gasteiger partial charge in [-0.1, -0.05) is 30.3 Å². The van der Waals surface area contributed by atoms with Gasteiger partial charge in [0.15, 0.2) is 5.78 Å². The van der Waals surface area contributed by atoms with E-state index in [-0.39, 0.29) is 53.1 Å². The molecule has 0 aliphatic carbocycles. The van der Waals surface area contributed by atoms with Crippen molar-refractivity contribution in [3.05, 3.63) is 59.7 Å². The normalized spacial score (nSPS) is 8.95. The zero-order chi connectivity index (χ0) is 15.8. The smallest absolute Gasteiger partial charge is 0.507 e. The molecule has 0 bridgehead atoms.